The first-order valence-electron chi connectivity index (χ1n) is 5.84. The van der Waals surface area contributed by atoms with Crippen LogP contribution in [0.15, 0.2) is 62.8 Å². The van der Waals surface area contributed by atoms with Crippen molar-refractivity contribution in [3.05, 3.63) is 58.8 Å². The maximum absolute atomic E-state index is 12.7. The summed E-state index contributed by atoms with van der Waals surface area (Å²) in [6.45, 7) is 0. The maximum atomic E-state index is 12.7. The summed E-state index contributed by atoms with van der Waals surface area (Å²) < 4.78 is 37.8. The van der Waals surface area contributed by atoms with Gasteiger partial charge in [0, 0.05) is 15.1 Å². The van der Waals surface area contributed by atoms with Crippen LogP contribution in [0.2, 0.25) is 0 Å². The van der Waals surface area contributed by atoms with E-state index in [1.165, 1.54) is 23.9 Å². The van der Waals surface area contributed by atoms with E-state index in [9.17, 15) is 12.8 Å². The van der Waals surface area contributed by atoms with E-state index in [1.807, 2.05) is 0 Å². The molecule has 2 aromatic rings. The number of halogens is 2. The lowest BCUT2D eigenvalue weighted by molar-refractivity contribution is 0.597. The minimum atomic E-state index is -3.27. The minimum absolute atomic E-state index is 0.0523. The van der Waals surface area contributed by atoms with Gasteiger partial charge in [0.05, 0.1) is 10.6 Å². The molecule has 6 heteroatoms. The molecule has 0 aliphatic rings. The third kappa shape index (κ3) is 4.33. The first-order valence-corrected chi connectivity index (χ1v) is 9.27. The van der Waals surface area contributed by atoms with Gasteiger partial charge in [-0.15, -0.1) is 11.8 Å². The van der Waals surface area contributed by atoms with Crippen LogP contribution in [0.25, 0.3) is 0 Å². The van der Waals surface area contributed by atoms with Crippen LogP contribution in [-0.2, 0) is 9.84 Å². The highest BCUT2D eigenvalue weighted by Gasteiger charge is 2.13. The summed E-state index contributed by atoms with van der Waals surface area (Å²) in [5, 5.41) is 0. The zero-order valence-electron chi connectivity index (χ0n) is 10.4. The zero-order valence-corrected chi connectivity index (χ0v) is 13.6. The van der Waals surface area contributed by atoms with E-state index in [2.05, 4.69) is 15.9 Å². The summed E-state index contributed by atoms with van der Waals surface area (Å²) in [6.07, 6.45) is 0. The Morgan fingerprint density at radius 2 is 1.60 bits per heavy atom. The lowest BCUT2D eigenvalue weighted by Gasteiger charge is -2.05. The molecule has 2 nitrogen and oxygen atoms in total. The van der Waals surface area contributed by atoms with Crippen molar-refractivity contribution in [2.24, 2.45) is 0 Å². The van der Waals surface area contributed by atoms with Crippen LogP contribution < -0.4 is 0 Å². The van der Waals surface area contributed by atoms with Gasteiger partial charge in [0.2, 0.25) is 0 Å². The Hall–Kier alpha value is -0.850. The van der Waals surface area contributed by atoms with Crippen molar-refractivity contribution in [3.63, 3.8) is 0 Å². The van der Waals surface area contributed by atoms with E-state index >= 15 is 0 Å². The second kappa shape index (κ2) is 6.74. The Bertz CT molecular complexity index is 667. The Balaban J connectivity index is 1.96. The van der Waals surface area contributed by atoms with Gasteiger partial charge in [0.1, 0.15) is 5.82 Å². The second-order valence-electron chi connectivity index (χ2n) is 4.08. The third-order valence-corrected chi connectivity index (χ3v) is 6.14. The molecule has 0 spiro atoms. The van der Waals surface area contributed by atoms with Gasteiger partial charge < -0.3 is 0 Å². The topological polar surface area (TPSA) is 34.1 Å². The molecule has 0 radical (unpaired) electrons. The Labute approximate surface area is 130 Å². The summed E-state index contributed by atoms with van der Waals surface area (Å²) >= 11 is 4.67. The van der Waals surface area contributed by atoms with Gasteiger partial charge in [0.15, 0.2) is 9.84 Å². The highest BCUT2D eigenvalue weighted by Crippen LogP contribution is 2.21. The molecular weight excluding hydrogens is 363 g/mol. The van der Waals surface area contributed by atoms with Gasteiger partial charge in [-0.1, -0.05) is 15.9 Å². The molecule has 0 aromatic heterocycles. The highest BCUT2D eigenvalue weighted by molar-refractivity contribution is 9.10. The summed E-state index contributed by atoms with van der Waals surface area (Å²) in [7, 11) is -3.27. The monoisotopic (exact) mass is 374 g/mol. The number of rotatable bonds is 5. The van der Waals surface area contributed by atoms with Crippen molar-refractivity contribution < 1.29 is 12.8 Å². The smallest absolute Gasteiger partial charge is 0.179 e. The standard InChI is InChI=1S/C14H12BrFO2S2/c15-11-1-7-14(8-2-11)20(17,18)10-9-19-13-5-3-12(16)4-6-13/h1-8H,9-10H2. The van der Waals surface area contributed by atoms with Crippen molar-refractivity contribution in [1.82, 2.24) is 0 Å². The van der Waals surface area contributed by atoms with Crippen molar-refractivity contribution in [2.75, 3.05) is 11.5 Å². The fourth-order valence-corrected chi connectivity index (χ4v) is 4.39. The molecule has 0 atom stereocenters. The average Bonchev–Trinajstić information content (AvgIpc) is 2.41. The molecule has 0 aliphatic heterocycles. The third-order valence-electron chi connectivity index (χ3n) is 2.61. The normalized spacial score (nSPS) is 11.5. The Kier molecular flexibility index (Phi) is 5.23. The maximum Gasteiger partial charge on any atom is 0.179 e. The summed E-state index contributed by atoms with van der Waals surface area (Å²) in [6, 6.07) is 12.6. The molecule has 0 fully saturated rings. The molecule has 0 amide bonds. The fraction of sp³-hybridized carbons (Fsp3) is 0.143. The van der Waals surface area contributed by atoms with E-state index in [-0.39, 0.29) is 11.6 Å². The van der Waals surface area contributed by atoms with E-state index < -0.39 is 9.84 Å². The summed E-state index contributed by atoms with van der Waals surface area (Å²) in [5.74, 6) is 0.192. The number of thioether (sulfide) groups is 1. The largest absolute Gasteiger partial charge is 0.224 e. The molecule has 106 valence electrons. The van der Waals surface area contributed by atoms with Gasteiger partial charge in [-0.25, -0.2) is 12.8 Å². The lowest BCUT2D eigenvalue weighted by atomic mass is 10.4. The minimum Gasteiger partial charge on any atom is -0.224 e. The van der Waals surface area contributed by atoms with Crippen LogP contribution in [0.1, 0.15) is 0 Å². The predicted molar refractivity (Wildman–Crippen MR) is 83.3 cm³/mol. The van der Waals surface area contributed by atoms with Gasteiger partial charge in [0.25, 0.3) is 0 Å². The van der Waals surface area contributed by atoms with Crippen LogP contribution in [0.3, 0.4) is 0 Å². The van der Waals surface area contributed by atoms with Crippen LogP contribution in [-0.4, -0.2) is 19.9 Å². The van der Waals surface area contributed by atoms with Crippen molar-refractivity contribution >= 4 is 37.5 Å². The van der Waals surface area contributed by atoms with Crippen LogP contribution >= 0.6 is 27.7 Å². The number of benzene rings is 2. The van der Waals surface area contributed by atoms with Crippen LogP contribution in [0.5, 0.6) is 0 Å². The quantitative estimate of drug-likeness (QED) is 0.737. The molecule has 0 saturated heterocycles. The second-order valence-corrected chi connectivity index (χ2v) is 8.27. The lowest BCUT2D eigenvalue weighted by Crippen LogP contribution is -2.08. The molecule has 0 aliphatic carbocycles. The SMILES string of the molecule is O=S(=O)(CCSc1ccc(F)cc1)c1ccc(Br)cc1. The van der Waals surface area contributed by atoms with Gasteiger partial charge in [-0.05, 0) is 48.5 Å². The first kappa shape index (κ1) is 15.5. The summed E-state index contributed by atoms with van der Waals surface area (Å²) in [5.41, 5.74) is 0. The zero-order chi connectivity index (χ0) is 14.6. The molecule has 0 bridgehead atoms. The van der Waals surface area contributed by atoms with Gasteiger partial charge >= 0.3 is 0 Å². The van der Waals surface area contributed by atoms with E-state index in [0.717, 1.165) is 9.37 Å². The molecule has 0 N–H and O–H groups in total. The molecule has 0 unspecified atom stereocenters. The number of hydrogen-bond acceptors (Lipinski definition) is 3. The van der Waals surface area contributed by atoms with Crippen molar-refractivity contribution in [2.45, 2.75) is 9.79 Å². The molecular formula is C14H12BrFO2S2. The van der Waals surface area contributed by atoms with Crippen LogP contribution in [0, 0.1) is 5.82 Å². The first-order chi connectivity index (χ1) is 9.47. The predicted octanol–water partition coefficient (Wildman–Crippen LogP) is 4.15. The van der Waals surface area contributed by atoms with E-state index in [1.54, 1.807) is 36.4 Å². The van der Waals surface area contributed by atoms with E-state index in [0.29, 0.717) is 10.6 Å². The number of hydrogen-bond donors (Lipinski definition) is 0. The Morgan fingerprint density at radius 1 is 1.00 bits per heavy atom. The average molecular weight is 375 g/mol. The van der Waals surface area contributed by atoms with Crippen molar-refractivity contribution in [3.8, 4) is 0 Å². The summed E-state index contributed by atoms with van der Waals surface area (Å²) in [4.78, 5) is 1.18. The van der Waals surface area contributed by atoms with Gasteiger partial charge in [-0.2, -0.15) is 0 Å². The van der Waals surface area contributed by atoms with Gasteiger partial charge in [-0.3, -0.25) is 0 Å². The van der Waals surface area contributed by atoms with Crippen LogP contribution in [0.4, 0.5) is 4.39 Å². The molecule has 2 aromatic carbocycles. The van der Waals surface area contributed by atoms with E-state index in [4.69, 9.17) is 0 Å². The van der Waals surface area contributed by atoms with Crippen molar-refractivity contribution in [1.29, 1.82) is 0 Å². The Morgan fingerprint density at radius 3 is 2.20 bits per heavy atom. The molecule has 0 heterocycles. The number of sulfone groups is 1. The fourth-order valence-electron chi connectivity index (χ4n) is 1.56. The molecule has 20 heavy (non-hydrogen) atoms. The molecule has 2 rings (SSSR count). The highest BCUT2D eigenvalue weighted by atomic mass is 79.9. The molecule has 0 saturated carbocycles.